The highest BCUT2D eigenvalue weighted by molar-refractivity contribution is 6.09. The molecule has 1 spiro atoms. The molecule has 40 heavy (non-hydrogen) atoms. The third-order valence-electron chi connectivity index (χ3n) is 10.7. The summed E-state index contributed by atoms with van der Waals surface area (Å²) in [5.41, 5.74) is -1.86. The van der Waals surface area contributed by atoms with Crippen molar-refractivity contribution < 1.29 is 33.7 Å². The van der Waals surface area contributed by atoms with E-state index in [1.807, 2.05) is 34.6 Å². The lowest BCUT2D eigenvalue weighted by atomic mass is 9.46. The number of ketones is 2. The quantitative estimate of drug-likeness (QED) is 0.428. The van der Waals surface area contributed by atoms with Gasteiger partial charge in [-0.05, 0) is 85.0 Å². The first-order chi connectivity index (χ1) is 18.7. The zero-order valence-electron chi connectivity index (χ0n) is 25.0. The Hall–Kier alpha value is -2.41. The summed E-state index contributed by atoms with van der Waals surface area (Å²) in [7, 11) is 0. The van der Waals surface area contributed by atoms with E-state index in [0.717, 1.165) is 24.7 Å². The van der Waals surface area contributed by atoms with Crippen molar-refractivity contribution in [1.82, 2.24) is 0 Å². The van der Waals surface area contributed by atoms with Gasteiger partial charge in [0.05, 0.1) is 11.5 Å². The van der Waals surface area contributed by atoms with Crippen LogP contribution < -0.4 is 9.47 Å². The lowest BCUT2D eigenvalue weighted by Crippen LogP contribution is -2.76. The van der Waals surface area contributed by atoms with Crippen LogP contribution in [0.1, 0.15) is 108 Å². The van der Waals surface area contributed by atoms with Gasteiger partial charge >= 0.3 is 0 Å². The second kappa shape index (κ2) is 8.80. The summed E-state index contributed by atoms with van der Waals surface area (Å²) in [6.45, 7) is 14.2. The summed E-state index contributed by atoms with van der Waals surface area (Å²) in [5.74, 6) is -0.0914. The molecule has 3 aliphatic carbocycles. The Morgan fingerprint density at radius 2 is 1.75 bits per heavy atom. The van der Waals surface area contributed by atoms with Crippen LogP contribution in [-0.2, 0) is 27.2 Å². The molecule has 4 bridgehead atoms. The number of phenols is 1. The first kappa shape index (κ1) is 27.7. The molecular formula is C33H44O7. The summed E-state index contributed by atoms with van der Waals surface area (Å²) >= 11 is 0. The minimum atomic E-state index is -1.32. The van der Waals surface area contributed by atoms with Crippen LogP contribution in [0.15, 0.2) is 0 Å². The molecule has 7 rings (SSSR count). The molecule has 0 aromatic heterocycles. The van der Waals surface area contributed by atoms with Crippen LogP contribution in [0.3, 0.4) is 0 Å². The minimum absolute atomic E-state index is 0.00298. The Balaban J connectivity index is 1.59. The van der Waals surface area contributed by atoms with E-state index in [1.165, 1.54) is 0 Å². The van der Waals surface area contributed by atoms with E-state index >= 15 is 0 Å². The molecule has 1 saturated heterocycles. The molecule has 3 aliphatic heterocycles. The first-order valence-electron chi connectivity index (χ1n) is 15.2. The molecule has 6 atom stereocenters. The van der Waals surface area contributed by atoms with Gasteiger partial charge in [-0.1, -0.05) is 20.8 Å². The summed E-state index contributed by atoms with van der Waals surface area (Å²) in [6, 6.07) is 0. The van der Waals surface area contributed by atoms with Crippen molar-refractivity contribution in [3.05, 3.63) is 16.7 Å². The van der Waals surface area contributed by atoms with Crippen LogP contribution in [-0.4, -0.2) is 45.4 Å². The maximum absolute atomic E-state index is 14.6. The smallest absolute Gasteiger partial charge is 0.177 e. The van der Waals surface area contributed by atoms with Gasteiger partial charge in [0.2, 0.25) is 0 Å². The third kappa shape index (κ3) is 3.55. The van der Waals surface area contributed by atoms with Crippen molar-refractivity contribution in [3.8, 4) is 17.2 Å². The number of aldehydes is 1. The Morgan fingerprint density at radius 1 is 1.02 bits per heavy atom. The van der Waals surface area contributed by atoms with Crippen LogP contribution in [0.4, 0.5) is 0 Å². The average Bonchev–Trinajstić information content (AvgIpc) is 3.03. The van der Waals surface area contributed by atoms with E-state index in [1.54, 1.807) is 0 Å². The summed E-state index contributed by atoms with van der Waals surface area (Å²) in [5, 5.41) is 11.6. The number of aromatic hydroxyl groups is 1. The van der Waals surface area contributed by atoms with Crippen molar-refractivity contribution >= 4 is 17.9 Å². The maximum Gasteiger partial charge on any atom is 0.177 e. The van der Waals surface area contributed by atoms with Crippen molar-refractivity contribution in [2.45, 2.75) is 122 Å². The summed E-state index contributed by atoms with van der Waals surface area (Å²) in [4.78, 5) is 40.5. The Morgan fingerprint density at radius 3 is 2.42 bits per heavy atom. The maximum atomic E-state index is 14.6. The Kier molecular flexibility index (Phi) is 6.10. The molecule has 218 valence electrons. The Bertz CT molecular complexity index is 1290. The zero-order valence-corrected chi connectivity index (χ0v) is 25.0. The summed E-state index contributed by atoms with van der Waals surface area (Å²) in [6.07, 6.45) is 5.55. The summed E-state index contributed by atoms with van der Waals surface area (Å²) < 4.78 is 20.6. The number of hydrogen-bond acceptors (Lipinski definition) is 7. The largest absolute Gasteiger partial charge is 0.507 e. The van der Waals surface area contributed by atoms with Crippen LogP contribution in [0.5, 0.6) is 17.2 Å². The molecule has 6 unspecified atom stereocenters. The molecule has 3 saturated carbocycles. The van der Waals surface area contributed by atoms with Crippen molar-refractivity contribution in [2.75, 3.05) is 0 Å². The zero-order chi connectivity index (χ0) is 29.0. The second-order valence-corrected chi connectivity index (χ2v) is 14.7. The van der Waals surface area contributed by atoms with Crippen LogP contribution in [0.25, 0.3) is 0 Å². The van der Waals surface area contributed by atoms with Gasteiger partial charge in [-0.15, -0.1) is 0 Å². The number of carbonyl (C=O) groups is 3. The van der Waals surface area contributed by atoms with Crippen LogP contribution in [0.2, 0.25) is 0 Å². The van der Waals surface area contributed by atoms with Gasteiger partial charge in [0.1, 0.15) is 34.7 Å². The van der Waals surface area contributed by atoms with Crippen LogP contribution >= 0.6 is 0 Å². The van der Waals surface area contributed by atoms with Crippen molar-refractivity contribution in [3.63, 3.8) is 0 Å². The first-order valence-corrected chi connectivity index (χ1v) is 15.2. The molecule has 7 nitrogen and oxygen atoms in total. The molecule has 0 amide bonds. The lowest BCUT2D eigenvalue weighted by molar-refractivity contribution is -0.203. The molecule has 1 aromatic carbocycles. The van der Waals surface area contributed by atoms with E-state index in [9.17, 15) is 19.5 Å². The van der Waals surface area contributed by atoms with E-state index in [-0.39, 0.29) is 40.6 Å². The topological polar surface area (TPSA) is 99.1 Å². The van der Waals surface area contributed by atoms with Gasteiger partial charge in [0, 0.05) is 28.9 Å². The monoisotopic (exact) mass is 552 g/mol. The highest BCUT2D eigenvalue weighted by Gasteiger charge is 2.83. The van der Waals surface area contributed by atoms with Gasteiger partial charge in [0.25, 0.3) is 0 Å². The Labute approximate surface area is 237 Å². The molecule has 0 radical (unpaired) electrons. The van der Waals surface area contributed by atoms with E-state index < -0.39 is 28.3 Å². The molecule has 7 heteroatoms. The average molecular weight is 553 g/mol. The van der Waals surface area contributed by atoms with Crippen LogP contribution in [0, 0.1) is 29.6 Å². The molecule has 1 N–H and O–H groups in total. The molecule has 1 aromatic rings. The molecule has 4 fully saturated rings. The number of Topliss-reactive ketones (excluding diaryl/α,β-unsaturated/α-hetero) is 2. The number of hydrogen-bond donors (Lipinski definition) is 1. The fourth-order valence-corrected chi connectivity index (χ4v) is 8.66. The number of ether oxygens (including phenoxy) is 3. The third-order valence-corrected chi connectivity index (χ3v) is 10.7. The van der Waals surface area contributed by atoms with Crippen molar-refractivity contribution in [1.29, 1.82) is 0 Å². The number of fused-ring (bicyclic) bond motifs is 2. The van der Waals surface area contributed by atoms with E-state index in [2.05, 4.69) is 13.8 Å². The second-order valence-electron chi connectivity index (χ2n) is 14.7. The lowest BCUT2D eigenvalue weighted by Gasteiger charge is -2.60. The number of rotatable bonds is 7. The molecular weight excluding hydrogens is 508 g/mol. The normalized spacial score (nSPS) is 35.0. The van der Waals surface area contributed by atoms with Gasteiger partial charge in [-0.25, -0.2) is 0 Å². The van der Waals surface area contributed by atoms with Crippen molar-refractivity contribution in [2.24, 2.45) is 29.6 Å². The van der Waals surface area contributed by atoms with Gasteiger partial charge in [-0.2, -0.15) is 0 Å². The number of carbonyl (C=O) groups excluding carboxylic acids is 3. The van der Waals surface area contributed by atoms with E-state index in [0.29, 0.717) is 61.5 Å². The van der Waals surface area contributed by atoms with Gasteiger partial charge < -0.3 is 24.1 Å². The number of benzene rings is 1. The fraction of sp³-hybridized carbons (Fsp3) is 0.727. The predicted molar refractivity (Wildman–Crippen MR) is 149 cm³/mol. The van der Waals surface area contributed by atoms with E-state index in [4.69, 9.17) is 14.2 Å². The standard InChI is InChI=1S/C33H44O7/c1-17(2)8-9-21-27-20(11-12-30(4,5)38-27)25(35)24-26(36)22-14-19-15-23-31(6,7)40-32(29(19)37,13-10-18(3)16-34)33(22,23)39-28(21)24/h16-19,22-23,35H,8-15H2,1-7H3. The van der Waals surface area contributed by atoms with Gasteiger partial charge in [-0.3, -0.25) is 9.59 Å². The minimum Gasteiger partial charge on any atom is -0.507 e. The molecule has 6 aliphatic rings. The van der Waals surface area contributed by atoms with Gasteiger partial charge in [0.15, 0.2) is 22.8 Å². The molecule has 3 heterocycles. The number of phenolic OH excluding ortho intramolecular Hbond substituents is 1. The highest BCUT2D eigenvalue weighted by Crippen LogP contribution is 2.70. The fourth-order valence-electron chi connectivity index (χ4n) is 8.66. The highest BCUT2D eigenvalue weighted by atomic mass is 16.6. The SMILES string of the molecule is CC(C)CCc1c2c(c(O)c3c1OC14C(CC5CC1C(C)(C)OC4(CCC(C)C=O)C5=O)C3=O)CCC(C)(C)O2. The predicted octanol–water partition coefficient (Wildman–Crippen LogP) is 5.79.